The number of aromatic nitrogens is 2. The highest BCUT2D eigenvalue weighted by Crippen LogP contribution is 2.12. The van der Waals surface area contributed by atoms with E-state index in [0.717, 1.165) is 28.5 Å². The van der Waals surface area contributed by atoms with Crippen molar-refractivity contribution in [3.63, 3.8) is 0 Å². The molecule has 16 heavy (non-hydrogen) atoms. The van der Waals surface area contributed by atoms with Crippen LogP contribution in [0.5, 0.6) is 0 Å². The molecule has 0 aliphatic carbocycles. The number of nitrogens with zero attached hydrogens (tertiary/aromatic N) is 2. The van der Waals surface area contributed by atoms with Crippen LogP contribution in [0.4, 0.5) is 0 Å². The highest BCUT2D eigenvalue weighted by Gasteiger charge is 2.01. The fourth-order valence-corrected chi connectivity index (χ4v) is 1.93. The molecule has 3 heteroatoms. The Labute approximate surface area is 100 Å². The Hall–Kier alpha value is -1.41. The van der Waals surface area contributed by atoms with Crippen molar-refractivity contribution < 1.29 is 0 Å². The first-order valence-electron chi connectivity index (χ1n) is 5.18. The summed E-state index contributed by atoms with van der Waals surface area (Å²) in [4.78, 5) is 8.75. The molecule has 0 atom stereocenters. The molecule has 0 unspecified atom stereocenters. The van der Waals surface area contributed by atoms with E-state index in [1.807, 2.05) is 13.0 Å². The molecule has 82 valence electrons. The summed E-state index contributed by atoms with van der Waals surface area (Å²) >= 11 is 5.91. The smallest absolute Gasteiger partial charge is 0.0477 e. The van der Waals surface area contributed by atoms with E-state index in [9.17, 15) is 0 Å². The van der Waals surface area contributed by atoms with E-state index in [1.165, 1.54) is 5.56 Å². The second kappa shape index (κ2) is 4.62. The Morgan fingerprint density at radius 2 is 1.94 bits per heavy atom. The number of halogens is 1. The first-order valence-corrected chi connectivity index (χ1v) is 5.56. The molecular formula is C13H13ClN2. The van der Waals surface area contributed by atoms with Gasteiger partial charge in [0.25, 0.3) is 0 Å². The molecule has 0 bridgehead atoms. The van der Waals surface area contributed by atoms with Crippen LogP contribution in [0.3, 0.4) is 0 Å². The average molecular weight is 233 g/mol. The zero-order valence-corrected chi connectivity index (χ0v) is 10.1. The first-order chi connectivity index (χ1) is 7.63. The van der Waals surface area contributed by atoms with Crippen molar-refractivity contribution in [2.45, 2.75) is 20.3 Å². The summed E-state index contributed by atoms with van der Waals surface area (Å²) in [6, 6.07) is 7.80. The van der Waals surface area contributed by atoms with Gasteiger partial charge in [-0.3, -0.25) is 9.97 Å². The predicted molar refractivity (Wildman–Crippen MR) is 65.8 cm³/mol. The standard InChI is InChI=1S/C13H13ClN2/c1-9-5-10(2)16-13(6-9)8-12-7-11(14)3-4-15-12/h3-7H,8H2,1-2H3. The minimum Gasteiger partial charge on any atom is -0.261 e. The summed E-state index contributed by atoms with van der Waals surface area (Å²) in [6.45, 7) is 4.07. The Kier molecular flexibility index (Phi) is 3.20. The van der Waals surface area contributed by atoms with Crippen LogP contribution < -0.4 is 0 Å². The van der Waals surface area contributed by atoms with Gasteiger partial charge < -0.3 is 0 Å². The van der Waals surface area contributed by atoms with Gasteiger partial charge in [0.1, 0.15) is 0 Å². The lowest BCUT2D eigenvalue weighted by Gasteiger charge is -2.04. The van der Waals surface area contributed by atoms with E-state index < -0.39 is 0 Å². The predicted octanol–water partition coefficient (Wildman–Crippen LogP) is 3.34. The van der Waals surface area contributed by atoms with Crippen molar-refractivity contribution in [3.05, 3.63) is 58.1 Å². The third kappa shape index (κ3) is 2.80. The van der Waals surface area contributed by atoms with E-state index in [0.29, 0.717) is 0 Å². The number of aryl methyl sites for hydroxylation is 2. The molecule has 0 aromatic carbocycles. The van der Waals surface area contributed by atoms with Gasteiger partial charge in [-0.2, -0.15) is 0 Å². The Morgan fingerprint density at radius 1 is 1.12 bits per heavy atom. The first kappa shape index (κ1) is 11.1. The number of hydrogen-bond donors (Lipinski definition) is 0. The maximum Gasteiger partial charge on any atom is 0.0477 e. The second-order valence-electron chi connectivity index (χ2n) is 3.92. The van der Waals surface area contributed by atoms with Crippen molar-refractivity contribution in [1.29, 1.82) is 0 Å². The molecule has 0 aliphatic heterocycles. The van der Waals surface area contributed by atoms with Crippen LogP contribution in [0, 0.1) is 13.8 Å². The normalized spacial score (nSPS) is 10.4. The van der Waals surface area contributed by atoms with E-state index in [4.69, 9.17) is 11.6 Å². The van der Waals surface area contributed by atoms with Gasteiger partial charge in [0, 0.05) is 34.7 Å². The molecule has 0 radical (unpaired) electrons. The van der Waals surface area contributed by atoms with Gasteiger partial charge in [-0.25, -0.2) is 0 Å². The van der Waals surface area contributed by atoms with Crippen LogP contribution in [0.15, 0.2) is 30.5 Å². The Morgan fingerprint density at radius 3 is 2.62 bits per heavy atom. The molecule has 2 rings (SSSR count). The minimum atomic E-state index is 0.717. The summed E-state index contributed by atoms with van der Waals surface area (Å²) < 4.78 is 0. The summed E-state index contributed by atoms with van der Waals surface area (Å²) in [6.07, 6.45) is 2.45. The number of rotatable bonds is 2. The van der Waals surface area contributed by atoms with E-state index >= 15 is 0 Å². The maximum absolute atomic E-state index is 5.91. The van der Waals surface area contributed by atoms with E-state index in [-0.39, 0.29) is 0 Å². The zero-order valence-electron chi connectivity index (χ0n) is 9.37. The number of hydrogen-bond acceptors (Lipinski definition) is 2. The lowest BCUT2D eigenvalue weighted by atomic mass is 10.1. The largest absolute Gasteiger partial charge is 0.261 e. The van der Waals surface area contributed by atoms with Crippen LogP contribution in [0.1, 0.15) is 22.6 Å². The van der Waals surface area contributed by atoms with Crippen LogP contribution >= 0.6 is 11.6 Å². The summed E-state index contributed by atoms with van der Waals surface area (Å²) in [5.74, 6) is 0. The van der Waals surface area contributed by atoms with Gasteiger partial charge in [-0.1, -0.05) is 11.6 Å². The molecule has 0 aliphatic rings. The Balaban J connectivity index is 2.27. The Bertz CT molecular complexity index is 489. The SMILES string of the molecule is Cc1cc(C)nc(Cc2cc(Cl)ccn2)c1. The van der Waals surface area contributed by atoms with E-state index in [1.54, 1.807) is 12.3 Å². The monoisotopic (exact) mass is 232 g/mol. The van der Waals surface area contributed by atoms with Gasteiger partial charge in [-0.15, -0.1) is 0 Å². The molecule has 2 aromatic heterocycles. The van der Waals surface area contributed by atoms with Crippen LogP contribution in [0.2, 0.25) is 5.02 Å². The lowest BCUT2D eigenvalue weighted by Crippen LogP contribution is -1.97. The molecule has 0 spiro atoms. The highest BCUT2D eigenvalue weighted by atomic mass is 35.5. The van der Waals surface area contributed by atoms with Crippen molar-refractivity contribution in [1.82, 2.24) is 9.97 Å². The van der Waals surface area contributed by atoms with Gasteiger partial charge >= 0.3 is 0 Å². The molecule has 0 amide bonds. The third-order valence-corrected chi connectivity index (χ3v) is 2.53. The van der Waals surface area contributed by atoms with Gasteiger partial charge in [0.2, 0.25) is 0 Å². The van der Waals surface area contributed by atoms with Crippen molar-refractivity contribution >= 4 is 11.6 Å². The van der Waals surface area contributed by atoms with Gasteiger partial charge in [0.05, 0.1) is 0 Å². The summed E-state index contributed by atoms with van der Waals surface area (Å²) in [5, 5.41) is 0.717. The molecule has 2 aromatic rings. The molecule has 0 saturated heterocycles. The summed E-state index contributed by atoms with van der Waals surface area (Å²) in [5.41, 5.74) is 4.25. The average Bonchev–Trinajstić information content (AvgIpc) is 2.15. The van der Waals surface area contributed by atoms with Crippen molar-refractivity contribution in [3.8, 4) is 0 Å². The van der Waals surface area contributed by atoms with Gasteiger partial charge in [0.15, 0.2) is 0 Å². The van der Waals surface area contributed by atoms with Crippen molar-refractivity contribution in [2.24, 2.45) is 0 Å². The zero-order chi connectivity index (χ0) is 11.5. The lowest BCUT2D eigenvalue weighted by molar-refractivity contribution is 0.985. The van der Waals surface area contributed by atoms with Crippen LogP contribution in [0.25, 0.3) is 0 Å². The van der Waals surface area contributed by atoms with Gasteiger partial charge in [-0.05, 0) is 43.7 Å². The molecule has 0 fully saturated rings. The van der Waals surface area contributed by atoms with E-state index in [2.05, 4.69) is 29.0 Å². The molecular weight excluding hydrogens is 220 g/mol. The topological polar surface area (TPSA) is 25.8 Å². The van der Waals surface area contributed by atoms with Crippen LogP contribution in [-0.4, -0.2) is 9.97 Å². The fraction of sp³-hybridized carbons (Fsp3) is 0.231. The summed E-state index contributed by atoms with van der Waals surface area (Å²) in [7, 11) is 0. The second-order valence-corrected chi connectivity index (χ2v) is 4.36. The quantitative estimate of drug-likeness (QED) is 0.794. The van der Waals surface area contributed by atoms with Crippen LogP contribution in [-0.2, 0) is 6.42 Å². The molecule has 0 saturated carbocycles. The maximum atomic E-state index is 5.91. The molecule has 2 heterocycles. The van der Waals surface area contributed by atoms with Crippen molar-refractivity contribution in [2.75, 3.05) is 0 Å². The number of pyridine rings is 2. The fourth-order valence-electron chi connectivity index (χ4n) is 1.75. The highest BCUT2D eigenvalue weighted by molar-refractivity contribution is 6.30. The molecule has 0 N–H and O–H groups in total. The minimum absolute atomic E-state index is 0.717. The third-order valence-electron chi connectivity index (χ3n) is 2.29. The molecule has 2 nitrogen and oxygen atoms in total.